The molecule has 1 fully saturated rings. The molecule has 1 aliphatic rings. The molecule has 1 aromatic heterocycles. The maximum atomic E-state index is 12.4. The number of methoxy groups -OCH3 is 1. The van der Waals surface area contributed by atoms with E-state index in [4.69, 9.17) is 11.6 Å². The second-order valence-corrected chi connectivity index (χ2v) is 6.89. The lowest BCUT2D eigenvalue weighted by molar-refractivity contribution is -0.145. The topological polar surface area (TPSA) is 89.5 Å². The van der Waals surface area contributed by atoms with Crippen molar-refractivity contribution in [2.45, 2.75) is 11.8 Å². The van der Waals surface area contributed by atoms with Gasteiger partial charge in [0.2, 0.25) is 15.3 Å². The molecular weight excluding hydrogens is 306 g/mol. The number of sulfonamides is 1. The molecule has 0 saturated carbocycles. The molecule has 0 spiro atoms. The Balaban J connectivity index is 2.24. The van der Waals surface area contributed by atoms with Crippen LogP contribution in [0.25, 0.3) is 0 Å². The highest BCUT2D eigenvalue weighted by Gasteiger charge is 2.41. The second-order valence-electron chi connectivity index (χ2n) is 4.62. The number of carbonyl (C=O) groups is 1. The van der Waals surface area contributed by atoms with Crippen molar-refractivity contribution < 1.29 is 17.9 Å². The first-order chi connectivity index (χ1) is 9.36. The van der Waals surface area contributed by atoms with E-state index in [0.29, 0.717) is 0 Å². The monoisotopic (exact) mass is 319 g/mol. The molecule has 9 heteroatoms. The van der Waals surface area contributed by atoms with Gasteiger partial charge in [-0.3, -0.25) is 4.79 Å². The summed E-state index contributed by atoms with van der Waals surface area (Å²) in [5.41, 5.74) is 0. The zero-order chi connectivity index (χ0) is 14.9. The zero-order valence-electron chi connectivity index (χ0n) is 11.0. The van der Waals surface area contributed by atoms with Crippen molar-refractivity contribution in [3.05, 3.63) is 17.7 Å². The lowest BCUT2D eigenvalue weighted by Crippen LogP contribution is -2.30. The van der Waals surface area contributed by atoms with E-state index in [0.717, 1.165) is 12.4 Å². The third-order valence-corrected chi connectivity index (χ3v) is 5.30. The fourth-order valence-corrected chi connectivity index (χ4v) is 3.72. The van der Waals surface area contributed by atoms with Crippen molar-refractivity contribution in [1.82, 2.24) is 14.3 Å². The molecule has 7 nitrogen and oxygen atoms in total. The molecular formula is C11H14ClN3O4S. The third-order valence-electron chi connectivity index (χ3n) is 3.32. The molecule has 2 heterocycles. The molecule has 1 aliphatic heterocycles. The summed E-state index contributed by atoms with van der Waals surface area (Å²) in [6.07, 6.45) is 2.31. The van der Waals surface area contributed by atoms with Crippen LogP contribution in [-0.4, -0.2) is 48.9 Å². The van der Waals surface area contributed by atoms with Gasteiger partial charge in [0.1, 0.15) is 4.90 Å². The number of aromatic nitrogens is 2. The fourth-order valence-electron chi connectivity index (χ4n) is 2.16. The lowest BCUT2D eigenvalue weighted by Gasteiger charge is -2.15. The molecule has 2 unspecified atom stereocenters. The Kier molecular flexibility index (Phi) is 4.26. The smallest absolute Gasteiger partial charge is 0.310 e. The highest BCUT2D eigenvalue weighted by atomic mass is 35.5. The first-order valence-corrected chi connectivity index (χ1v) is 7.73. The maximum Gasteiger partial charge on any atom is 0.310 e. The van der Waals surface area contributed by atoms with Crippen LogP contribution < -0.4 is 0 Å². The van der Waals surface area contributed by atoms with Gasteiger partial charge in [0, 0.05) is 13.1 Å². The Morgan fingerprint density at radius 2 is 2.00 bits per heavy atom. The van der Waals surface area contributed by atoms with Crippen LogP contribution in [0.2, 0.25) is 5.28 Å². The van der Waals surface area contributed by atoms with Crippen molar-refractivity contribution in [3.63, 3.8) is 0 Å². The Labute approximate surface area is 122 Å². The van der Waals surface area contributed by atoms with Crippen LogP contribution in [0.4, 0.5) is 0 Å². The summed E-state index contributed by atoms with van der Waals surface area (Å²) in [6.45, 7) is 2.17. The average molecular weight is 320 g/mol. The SMILES string of the molecule is COC(=O)C1CN(S(=O)(=O)c2cnc(Cl)nc2)CC1C. The Bertz CT molecular complexity index is 605. The molecule has 110 valence electrons. The maximum absolute atomic E-state index is 12.4. The largest absolute Gasteiger partial charge is 0.469 e. The van der Waals surface area contributed by atoms with Crippen molar-refractivity contribution in [1.29, 1.82) is 0 Å². The first kappa shape index (κ1) is 15.1. The van der Waals surface area contributed by atoms with Gasteiger partial charge in [0.05, 0.1) is 25.4 Å². The molecule has 0 N–H and O–H groups in total. The Morgan fingerprint density at radius 1 is 1.40 bits per heavy atom. The Hall–Kier alpha value is -1.25. The van der Waals surface area contributed by atoms with E-state index >= 15 is 0 Å². The first-order valence-electron chi connectivity index (χ1n) is 5.91. The van der Waals surface area contributed by atoms with Gasteiger partial charge in [-0.2, -0.15) is 4.31 Å². The summed E-state index contributed by atoms with van der Waals surface area (Å²) >= 11 is 5.54. The van der Waals surface area contributed by atoms with Crippen molar-refractivity contribution in [3.8, 4) is 0 Å². The van der Waals surface area contributed by atoms with E-state index in [1.54, 1.807) is 0 Å². The van der Waals surface area contributed by atoms with Crippen LogP contribution in [0.5, 0.6) is 0 Å². The molecule has 0 bridgehead atoms. The summed E-state index contributed by atoms with van der Waals surface area (Å²) < 4.78 is 30.7. The predicted octanol–water partition coefficient (Wildman–Crippen LogP) is 0.560. The minimum Gasteiger partial charge on any atom is -0.469 e. The van der Waals surface area contributed by atoms with Gasteiger partial charge >= 0.3 is 5.97 Å². The predicted molar refractivity (Wildman–Crippen MR) is 70.5 cm³/mol. The fraction of sp³-hybridized carbons (Fsp3) is 0.545. The van der Waals surface area contributed by atoms with E-state index in [1.165, 1.54) is 11.4 Å². The van der Waals surface area contributed by atoms with Gasteiger partial charge < -0.3 is 4.74 Å². The van der Waals surface area contributed by atoms with E-state index in [-0.39, 0.29) is 29.2 Å². The van der Waals surface area contributed by atoms with Crippen molar-refractivity contribution in [2.24, 2.45) is 11.8 Å². The Morgan fingerprint density at radius 3 is 2.55 bits per heavy atom. The summed E-state index contributed by atoms with van der Waals surface area (Å²) in [5, 5.41) is -0.0221. The van der Waals surface area contributed by atoms with Gasteiger partial charge in [-0.25, -0.2) is 18.4 Å². The zero-order valence-corrected chi connectivity index (χ0v) is 12.6. The van der Waals surface area contributed by atoms with Crippen LogP contribution in [-0.2, 0) is 19.6 Å². The van der Waals surface area contributed by atoms with E-state index in [9.17, 15) is 13.2 Å². The average Bonchev–Trinajstić information content (AvgIpc) is 2.81. The van der Waals surface area contributed by atoms with Crippen LogP contribution in [0.1, 0.15) is 6.92 Å². The molecule has 0 aliphatic carbocycles. The van der Waals surface area contributed by atoms with E-state index < -0.39 is 21.9 Å². The van der Waals surface area contributed by atoms with Gasteiger partial charge in [-0.15, -0.1) is 0 Å². The summed E-state index contributed by atoms with van der Waals surface area (Å²) in [5.74, 6) is -0.962. The number of hydrogen-bond donors (Lipinski definition) is 0. The second kappa shape index (κ2) is 5.63. The molecule has 2 rings (SSSR count). The number of esters is 1. The lowest BCUT2D eigenvalue weighted by atomic mass is 9.99. The summed E-state index contributed by atoms with van der Waals surface area (Å²) in [6, 6.07) is 0. The van der Waals surface area contributed by atoms with Gasteiger partial charge in [0.25, 0.3) is 0 Å². The summed E-state index contributed by atoms with van der Waals surface area (Å²) in [4.78, 5) is 18.9. The molecule has 0 radical (unpaired) electrons. The quantitative estimate of drug-likeness (QED) is 0.597. The van der Waals surface area contributed by atoms with Crippen LogP contribution in [0, 0.1) is 11.8 Å². The van der Waals surface area contributed by atoms with E-state index in [1.807, 2.05) is 6.92 Å². The van der Waals surface area contributed by atoms with Gasteiger partial charge in [0.15, 0.2) is 0 Å². The van der Waals surface area contributed by atoms with Gasteiger partial charge in [-0.1, -0.05) is 6.92 Å². The number of nitrogens with zero attached hydrogens (tertiary/aromatic N) is 3. The number of rotatable bonds is 3. The molecule has 2 atom stereocenters. The molecule has 20 heavy (non-hydrogen) atoms. The summed E-state index contributed by atoms with van der Waals surface area (Å²) in [7, 11) is -2.43. The van der Waals surface area contributed by atoms with E-state index in [2.05, 4.69) is 14.7 Å². The van der Waals surface area contributed by atoms with Gasteiger partial charge in [-0.05, 0) is 17.5 Å². The minimum absolute atomic E-state index is 0.0221. The highest BCUT2D eigenvalue weighted by molar-refractivity contribution is 7.89. The standard InChI is InChI=1S/C11H14ClN3O4S/c1-7-5-15(6-9(7)10(16)19-2)20(17,18)8-3-13-11(12)14-4-8/h3-4,7,9H,5-6H2,1-2H3. The normalized spacial score (nSPS) is 23.8. The van der Waals surface area contributed by atoms with Crippen molar-refractivity contribution >= 4 is 27.6 Å². The number of halogens is 1. The van der Waals surface area contributed by atoms with Crippen LogP contribution >= 0.6 is 11.6 Å². The van der Waals surface area contributed by atoms with Crippen LogP contribution in [0.3, 0.4) is 0 Å². The number of ether oxygens (including phenoxy) is 1. The minimum atomic E-state index is -3.72. The molecule has 1 saturated heterocycles. The van der Waals surface area contributed by atoms with Crippen LogP contribution in [0.15, 0.2) is 17.3 Å². The molecule has 1 aromatic rings. The van der Waals surface area contributed by atoms with Crippen molar-refractivity contribution in [2.75, 3.05) is 20.2 Å². The molecule has 0 amide bonds. The molecule has 0 aromatic carbocycles. The number of hydrogen-bond acceptors (Lipinski definition) is 6. The third kappa shape index (κ3) is 2.77. The number of carbonyl (C=O) groups excluding carboxylic acids is 1. The highest BCUT2D eigenvalue weighted by Crippen LogP contribution is 2.28.